The van der Waals surface area contributed by atoms with Gasteiger partial charge in [-0.15, -0.1) is 13.2 Å². The Morgan fingerprint density at radius 1 is 1.08 bits per heavy atom. The smallest absolute Gasteiger partial charge is 0.330 e. The molecule has 74 valence electrons. The first-order chi connectivity index (χ1) is 5.43. The van der Waals surface area contributed by atoms with E-state index in [9.17, 15) is 13.2 Å². The van der Waals surface area contributed by atoms with Crippen molar-refractivity contribution in [3.8, 4) is 0 Å². The summed E-state index contributed by atoms with van der Waals surface area (Å²) < 4.78 is 40.9. The van der Waals surface area contributed by atoms with E-state index in [4.69, 9.17) is 0 Å². The van der Waals surface area contributed by atoms with E-state index in [1.54, 1.807) is 0 Å². The maximum absolute atomic E-state index is 12.2. The summed E-state index contributed by atoms with van der Waals surface area (Å²) in [6, 6.07) is 0. The normalized spacial score (nSPS) is 13.5. The molecule has 0 amide bonds. The third-order valence-electron chi connectivity index (χ3n) is 1.28. The molecule has 7 heteroatoms. The van der Waals surface area contributed by atoms with Crippen molar-refractivity contribution < 1.29 is 32.4 Å². The quantitative estimate of drug-likeness (QED) is 0.287. The summed E-state index contributed by atoms with van der Waals surface area (Å²) >= 11 is 0. The molecule has 0 aromatic rings. The lowest BCUT2D eigenvalue weighted by Crippen LogP contribution is -2.57. The lowest BCUT2D eigenvalue weighted by atomic mass is 10.9. The molecule has 0 aliphatic carbocycles. The average Bonchev–Trinajstić information content (AvgIpc) is 1.98. The van der Waals surface area contributed by atoms with Gasteiger partial charge >= 0.3 is 6.30 Å². The Morgan fingerprint density at radius 2 is 1.50 bits per heavy atom. The maximum atomic E-state index is 12.2. The molecule has 0 heterocycles. The van der Waals surface area contributed by atoms with E-state index < -0.39 is 17.8 Å². The Labute approximate surface area is 67.9 Å². The van der Waals surface area contributed by atoms with Gasteiger partial charge in [0, 0.05) is 7.11 Å². The molecule has 0 rings (SSSR count). The predicted molar refractivity (Wildman–Crippen MR) is 32.2 cm³/mol. The van der Waals surface area contributed by atoms with Crippen LogP contribution in [0, 0.1) is 0 Å². The number of alkyl halides is 3. The molecule has 12 heavy (non-hydrogen) atoms. The molecule has 0 aromatic carbocycles. The van der Waals surface area contributed by atoms with Gasteiger partial charge in [0.25, 0.3) is 6.73 Å². The highest BCUT2D eigenvalue weighted by Crippen LogP contribution is 2.30. The molecule has 0 atom stereocenters. The van der Waals surface area contributed by atoms with Crippen molar-refractivity contribution in [2.24, 2.45) is 0 Å². The van der Waals surface area contributed by atoms with E-state index in [1.165, 1.54) is 0 Å². The number of hydrogen-bond donors (Lipinski definition) is 0. The Morgan fingerprint density at radius 3 is 1.58 bits per heavy atom. The van der Waals surface area contributed by atoms with Crippen molar-refractivity contribution in [1.29, 1.82) is 0 Å². The van der Waals surface area contributed by atoms with E-state index in [2.05, 4.69) is 14.4 Å². The zero-order valence-electron chi connectivity index (χ0n) is 7.01. The third kappa shape index (κ3) is 2.07. The monoisotopic (exact) mass is 190 g/mol. The van der Waals surface area contributed by atoms with Gasteiger partial charge in [-0.1, -0.05) is 0 Å². The number of hydroxylamine groups is 4. The number of halogens is 3. The van der Waals surface area contributed by atoms with Gasteiger partial charge < -0.3 is 4.74 Å². The second kappa shape index (κ2) is 4.04. The van der Waals surface area contributed by atoms with Gasteiger partial charge in [-0.3, -0.25) is 0 Å². The zero-order chi connectivity index (χ0) is 9.83. The van der Waals surface area contributed by atoms with Gasteiger partial charge in [-0.2, -0.15) is 9.68 Å². The fourth-order valence-electron chi connectivity index (χ4n) is 0.630. The summed E-state index contributed by atoms with van der Waals surface area (Å²) in [6.45, 7) is -0.753. The molecule has 0 saturated carbocycles. The summed E-state index contributed by atoms with van der Waals surface area (Å²) in [5.41, 5.74) is 0. The van der Waals surface area contributed by atoms with Crippen molar-refractivity contribution in [1.82, 2.24) is 0 Å². The Bertz CT molecular complexity index is 134. The van der Waals surface area contributed by atoms with Crippen LogP contribution in [-0.2, 0) is 14.4 Å². The Balaban J connectivity index is 4.57. The maximum Gasteiger partial charge on any atom is 0.627 e. The van der Waals surface area contributed by atoms with E-state index >= 15 is 0 Å². The van der Waals surface area contributed by atoms with Crippen LogP contribution < -0.4 is 0 Å². The number of nitrogens with zero attached hydrogens (tertiary/aromatic N) is 1. The molecule has 0 fully saturated rings. The highest BCUT2D eigenvalue weighted by atomic mass is 19.4. The first-order valence-corrected chi connectivity index (χ1v) is 2.99. The molecule has 0 aliphatic heterocycles. The molecule has 0 saturated heterocycles. The first-order valence-electron chi connectivity index (χ1n) is 2.99. The van der Waals surface area contributed by atoms with Gasteiger partial charge in [-0.05, 0) is 0 Å². The number of rotatable bonds is 4. The van der Waals surface area contributed by atoms with Gasteiger partial charge in [0.15, 0.2) is 0 Å². The SMILES string of the molecule is COC[N+](OC)(OC)C(F)(F)F. The van der Waals surface area contributed by atoms with Gasteiger partial charge in [0.2, 0.25) is 0 Å². The van der Waals surface area contributed by atoms with Crippen LogP contribution >= 0.6 is 0 Å². The molecule has 0 aliphatic rings. The Hall–Kier alpha value is -0.370. The molecule has 0 N–H and O–H groups in total. The topological polar surface area (TPSA) is 27.7 Å². The highest BCUT2D eigenvalue weighted by molar-refractivity contribution is 4.19. The van der Waals surface area contributed by atoms with Gasteiger partial charge in [-0.25, -0.2) is 0 Å². The summed E-state index contributed by atoms with van der Waals surface area (Å²) in [6.07, 6.45) is -4.67. The van der Waals surface area contributed by atoms with E-state index in [-0.39, 0.29) is 0 Å². The average molecular weight is 190 g/mol. The molecule has 0 unspecified atom stereocenters. The van der Waals surface area contributed by atoms with Crippen molar-refractivity contribution in [3.63, 3.8) is 0 Å². The number of ether oxygens (including phenoxy) is 1. The second-order valence-electron chi connectivity index (χ2n) is 1.92. The lowest BCUT2D eigenvalue weighted by molar-refractivity contribution is -1.31. The van der Waals surface area contributed by atoms with Crippen LogP contribution in [0.1, 0.15) is 0 Å². The molecule has 0 aromatic heterocycles. The summed E-state index contributed by atoms with van der Waals surface area (Å²) in [4.78, 5) is 6.35. The van der Waals surface area contributed by atoms with Crippen LogP contribution in [0.2, 0.25) is 0 Å². The fourth-order valence-corrected chi connectivity index (χ4v) is 0.630. The minimum absolute atomic E-state index is 0.753. The second-order valence-corrected chi connectivity index (χ2v) is 1.92. The standard InChI is InChI=1S/C5H11F3NO3/c1-10-4-9(11-2,12-3)5(6,7)8/h4H2,1-3H3/q+1. The van der Waals surface area contributed by atoms with Crippen LogP contribution in [0.4, 0.5) is 13.2 Å². The summed E-state index contributed by atoms with van der Waals surface area (Å²) in [7, 11) is 2.89. The minimum atomic E-state index is -4.67. The summed E-state index contributed by atoms with van der Waals surface area (Å²) in [5.74, 6) is 0. The van der Waals surface area contributed by atoms with Gasteiger partial charge in [0.05, 0.1) is 4.81 Å². The number of hydrogen-bond acceptors (Lipinski definition) is 3. The third-order valence-corrected chi connectivity index (χ3v) is 1.28. The van der Waals surface area contributed by atoms with Crippen LogP contribution in [-0.4, -0.2) is 39.2 Å². The van der Waals surface area contributed by atoms with Crippen LogP contribution in [0.15, 0.2) is 0 Å². The van der Waals surface area contributed by atoms with Crippen LogP contribution in [0.5, 0.6) is 0 Å². The zero-order valence-corrected chi connectivity index (χ0v) is 7.01. The minimum Gasteiger partial charge on any atom is -0.330 e. The highest BCUT2D eigenvalue weighted by Gasteiger charge is 2.60. The first kappa shape index (κ1) is 11.6. The molecule has 0 bridgehead atoms. The van der Waals surface area contributed by atoms with Crippen molar-refractivity contribution in [3.05, 3.63) is 0 Å². The molecular formula is C5H11F3NO3+. The summed E-state index contributed by atoms with van der Waals surface area (Å²) in [5, 5.41) is 0. The predicted octanol–water partition coefficient (Wildman–Crippen LogP) is 1.05. The van der Waals surface area contributed by atoms with E-state index in [0.29, 0.717) is 0 Å². The van der Waals surface area contributed by atoms with E-state index in [0.717, 1.165) is 21.3 Å². The molecule has 0 radical (unpaired) electrons. The molecular weight excluding hydrogens is 179 g/mol. The number of methoxy groups -OCH3 is 1. The molecule has 4 nitrogen and oxygen atoms in total. The Kier molecular flexibility index (Phi) is 3.91. The van der Waals surface area contributed by atoms with Crippen LogP contribution in [0.25, 0.3) is 0 Å². The number of quaternary nitrogens is 1. The van der Waals surface area contributed by atoms with Crippen molar-refractivity contribution in [2.75, 3.05) is 28.1 Å². The largest absolute Gasteiger partial charge is 0.627 e. The van der Waals surface area contributed by atoms with Crippen molar-refractivity contribution >= 4 is 0 Å². The lowest BCUT2D eigenvalue weighted by Gasteiger charge is -2.28. The van der Waals surface area contributed by atoms with E-state index in [1.807, 2.05) is 0 Å². The molecule has 0 spiro atoms. The van der Waals surface area contributed by atoms with Crippen molar-refractivity contribution in [2.45, 2.75) is 6.30 Å². The fraction of sp³-hybridized carbons (Fsp3) is 1.00. The van der Waals surface area contributed by atoms with Gasteiger partial charge in [0.1, 0.15) is 14.2 Å². The van der Waals surface area contributed by atoms with Crippen LogP contribution in [0.3, 0.4) is 0 Å².